The number of benzene rings is 1. The Morgan fingerprint density at radius 2 is 1.93 bits per heavy atom. The molecule has 1 amide bonds. The smallest absolute Gasteiger partial charge is 0.251 e. The van der Waals surface area contributed by atoms with Gasteiger partial charge in [-0.25, -0.2) is 13.4 Å². The van der Waals surface area contributed by atoms with Gasteiger partial charge in [-0.05, 0) is 49.6 Å². The van der Waals surface area contributed by atoms with Gasteiger partial charge in [0.05, 0.1) is 10.5 Å². The van der Waals surface area contributed by atoms with E-state index in [-0.39, 0.29) is 10.8 Å². The number of anilines is 1. The molecule has 0 aliphatic carbocycles. The van der Waals surface area contributed by atoms with Crippen molar-refractivity contribution in [1.82, 2.24) is 14.6 Å². The average Bonchev–Trinajstić information content (AvgIpc) is 2.77. The van der Waals surface area contributed by atoms with E-state index in [1.165, 1.54) is 16.6 Å². The predicted molar refractivity (Wildman–Crippen MR) is 114 cm³/mol. The quantitative estimate of drug-likeness (QED) is 0.655. The number of pyridine rings is 1. The lowest BCUT2D eigenvalue weighted by Gasteiger charge is -2.26. The van der Waals surface area contributed by atoms with E-state index in [0.29, 0.717) is 48.7 Å². The van der Waals surface area contributed by atoms with Gasteiger partial charge in [-0.2, -0.15) is 9.57 Å². The van der Waals surface area contributed by atoms with Crippen molar-refractivity contribution in [3.8, 4) is 6.07 Å². The second-order valence-electron chi connectivity index (χ2n) is 7.17. The van der Waals surface area contributed by atoms with Crippen LogP contribution < -0.4 is 10.6 Å². The van der Waals surface area contributed by atoms with E-state index in [0.717, 1.165) is 19.3 Å². The highest BCUT2D eigenvalue weighted by Crippen LogP contribution is 2.22. The van der Waals surface area contributed by atoms with Crippen molar-refractivity contribution in [3.63, 3.8) is 0 Å². The fourth-order valence-corrected chi connectivity index (χ4v) is 4.83. The number of rotatable bonds is 7. The first-order valence-corrected chi connectivity index (χ1v) is 11.3. The van der Waals surface area contributed by atoms with Crippen molar-refractivity contribution < 1.29 is 13.2 Å². The molecule has 1 aliphatic heterocycles. The number of sulfonamides is 1. The van der Waals surface area contributed by atoms with Gasteiger partial charge in [-0.15, -0.1) is 0 Å². The number of nitrogens with zero attached hydrogens (tertiary/aromatic N) is 3. The van der Waals surface area contributed by atoms with E-state index in [4.69, 9.17) is 5.26 Å². The number of piperidine rings is 1. The second kappa shape index (κ2) is 9.69. The molecule has 9 heteroatoms. The number of aromatic nitrogens is 1. The molecular weight excluding hydrogens is 402 g/mol. The van der Waals surface area contributed by atoms with Crippen LogP contribution in [0.4, 0.5) is 5.82 Å². The molecular formula is C21H25N5O3S. The predicted octanol–water partition coefficient (Wildman–Crippen LogP) is 2.28. The number of aryl methyl sites for hydroxylation is 1. The summed E-state index contributed by atoms with van der Waals surface area (Å²) in [5.41, 5.74) is 1.54. The molecule has 1 aromatic heterocycles. The lowest BCUT2D eigenvalue weighted by Crippen LogP contribution is -2.36. The minimum atomic E-state index is -3.59. The van der Waals surface area contributed by atoms with Crippen molar-refractivity contribution in [2.45, 2.75) is 31.1 Å². The number of hydrogen-bond donors (Lipinski definition) is 2. The summed E-state index contributed by atoms with van der Waals surface area (Å²) in [5.74, 6) is 0.284. The summed E-state index contributed by atoms with van der Waals surface area (Å²) >= 11 is 0. The summed E-state index contributed by atoms with van der Waals surface area (Å²) in [4.78, 5) is 16.9. The van der Waals surface area contributed by atoms with Crippen LogP contribution in [0.2, 0.25) is 0 Å². The third kappa shape index (κ3) is 5.14. The molecule has 1 fully saturated rings. The molecule has 0 spiro atoms. The highest BCUT2D eigenvalue weighted by atomic mass is 32.2. The number of carbonyl (C=O) groups is 1. The maximum absolute atomic E-state index is 12.9. The summed E-state index contributed by atoms with van der Waals surface area (Å²) < 4.78 is 27.3. The van der Waals surface area contributed by atoms with Gasteiger partial charge in [0.25, 0.3) is 5.91 Å². The molecule has 0 atom stereocenters. The number of carbonyl (C=O) groups excluding carboxylic acids is 1. The molecule has 2 aromatic rings. The van der Waals surface area contributed by atoms with Crippen LogP contribution in [0.5, 0.6) is 0 Å². The lowest BCUT2D eigenvalue weighted by atomic mass is 10.1. The average molecular weight is 428 g/mol. The van der Waals surface area contributed by atoms with E-state index in [1.54, 1.807) is 31.2 Å². The summed E-state index contributed by atoms with van der Waals surface area (Å²) in [6.45, 7) is 3.60. The summed E-state index contributed by atoms with van der Waals surface area (Å²) in [6, 6.07) is 10.1. The number of hydrogen-bond acceptors (Lipinski definition) is 6. The van der Waals surface area contributed by atoms with E-state index >= 15 is 0 Å². The Hall–Kier alpha value is -2.96. The van der Waals surface area contributed by atoms with Crippen molar-refractivity contribution >= 4 is 21.7 Å². The standard InChI is InChI=1S/C21H25N5O3S/c1-16-5-7-18(30(28,29)26-11-3-2-4-12-26)13-19(16)21(27)24-10-9-23-20-8-6-17(14-22)15-25-20/h5-8,13,15H,2-4,9-12H2,1H3,(H,23,25)(H,24,27). The molecule has 1 aromatic carbocycles. The van der Waals surface area contributed by atoms with Gasteiger partial charge in [0, 0.05) is 37.9 Å². The van der Waals surface area contributed by atoms with Crippen LogP contribution in [0.1, 0.15) is 40.7 Å². The molecule has 0 bridgehead atoms. The fraction of sp³-hybridized carbons (Fsp3) is 0.381. The van der Waals surface area contributed by atoms with Crippen LogP contribution >= 0.6 is 0 Å². The maximum atomic E-state index is 12.9. The minimum Gasteiger partial charge on any atom is -0.368 e. The first-order valence-electron chi connectivity index (χ1n) is 9.91. The zero-order valence-corrected chi connectivity index (χ0v) is 17.7. The molecule has 1 aliphatic rings. The van der Waals surface area contributed by atoms with Gasteiger partial charge < -0.3 is 10.6 Å². The lowest BCUT2D eigenvalue weighted by molar-refractivity contribution is 0.0954. The van der Waals surface area contributed by atoms with Gasteiger partial charge in [0.15, 0.2) is 0 Å². The van der Waals surface area contributed by atoms with Crippen LogP contribution in [-0.2, 0) is 10.0 Å². The Morgan fingerprint density at radius 3 is 2.60 bits per heavy atom. The van der Waals surface area contributed by atoms with Crippen molar-refractivity contribution in [2.75, 3.05) is 31.5 Å². The maximum Gasteiger partial charge on any atom is 0.251 e. The van der Waals surface area contributed by atoms with Crippen LogP contribution in [0, 0.1) is 18.3 Å². The van der Waals surface area contributed by atoms with Gasteiger partial charge in [0.1, 0.15) is 11.9 Å². The number of amides is 1. The largest absolute Gasteiger partial charge is 0.368 e. The third-order valence-corrected chi connectivity index (χ3v) is 6.91. The van der Waals surface area contributed by atoms with Crippen molar-refractivity contribution in [1.29, 1.82) is 5.26 Å². The topological polar surface area (TPSA) is 115 Å². The summed E-state index contributed by atoms with van der Waals surface area (Å²) in [6.07, 6.45) is 4.23. The monoisotopic (exact) mass is 427 g/mol. The van der Waals surface area contributed by atoms with Crippen LogP contribution in [0.3, 0.4) is 0 Å². The fourth-order valence-electron chi connectivity index (χ4n) is 3.29. The Kier molecular flexibility index (Phi) is 7.03. The molecule has 2 heterocycles. The van der Waals surface area contributed by atoms with E-state index in [9.17, 15) is 13.2 Å². The second-order valence-corrected chi connectivity index (χ2v) is 9.11. The van der Waals surface area contributed by atoms with Gasteiger partial charge in [0.2, 0.25) is 10.0 Å². The summed E-state index contributed by atoms with van der Waals surface area (Å²) in [5, 5.41) is 14.6. The van der Waals surface area contributed by atoms with E-state index in [2.05, 4.69) is 15.6 Å². The molecule has 3 rings (SSSR count). The third-order valence-electron chi connectivity index (χ3n) is 5.02. The van der Waals surface area contributed by atoms with E-state index < -0.39 is 10.0 Å². The molecule has 158 valence electrons. The summed E-state index contributed by atoms with van der Waals surface area (Å²) in [7, 11) is -3.59. The molecule has 0 saturated carbocycles. The number of nitrogens with one attached hydrogen (secondary N) is 2. The molecule has 2 N–H and O–H groups in total. The van der Waals surface area contributed by atoms with Crippen molar-refractivity contribution in [3.05, 3.63) is 53.2 Å². The normalized spacial score (nSPS) is 14.7. The van der Waals surface area contributed by atoms with Gasteiger partial charge >= 0.3 is 0 Å². The molecule has 30 heavy (non-hydrogen) atoms. The van der Waals surface area contributed by atoms with Crippen LogP contribution in [0.15, 0.2) is 41.4 Å². The van der Waals surface area contributed by atoms with E-state index in [1.807, 2.05) is 6.07 Å². The Morgan fingerprint density at radius 1 is 1.17 bits per heavy atom. The minimum absolute atomic E-state index is 0.153. The highest BCUT2D eigenvalue weighted by molar-refractivity contribution is 7.89. The zero-order chi connectivity index (χ0) is 21.6. The molecule has 8 nitrogen and oxygen atoms in total. The SMILES string of the molecule is Cc1ccc(S(=O)(=O)N2CCCCC2)cc1C(=O)NCCNc1ccc(C#N)cn1. The molecule has 0 radical (unpaired) electrons. The van der Waals surface area contributed by atoms with Crippen molar-refractivity contribution in [2.24, 2.45) is 0 Å². The first kappa shape index (κ1) is 21.7. The first-order chi connectivity index (χ1) is 14.4. The Labute approximate surface area is 177 Å². The zero-order valence-electron chi connectivity index (χ0n) is 16.9. The Bertz CT molecular complexity index is 1040. The Balaban J connectivity index is 1.61. The molecule has 0 unspecified atom stereocenters. The van der Waals surface area contributed by atoms with Crippen LogP contribution in [0.25, 0.3) is 0 Å². The van der Waals surface area contributed by atoms with Gasteiger partial charge in [-0.3, -0.25) is 4.79 Å². The van der Waals surface area contributed by atoms with Gasteiger partial charge in [-0.1, -0.05) is 12.5 Å². The van der Waals surface area contributed by atoms with Crippen LogP contribution in [-0.4, -0.2) is 49.8 Å². The highest BCUT2D eigenvalue weighted by Gasteiger charge is 2.27. The number of nitriles is 1. The molecule has 1 saturated heterocycles.